The number of hydrogen-bond acceptors (Lipinski definition) is 3. The molecule has 5 heteroatoms. The Morgan fingerprint density at radius 2 is 1.78 bits per heavy atom. The first-order valence-corrected chi connectivity index (χ1v) is 11.3. The Morgan fingerprint density at radius 3 is 2.22 bits per heavy atom. The number of rotatable bonds is 2. The molecule has 1 rings (SSSR count). The molecule has 1 saturated heterocycles. The van der Waals surface area contributed by atoms with Crippen LogP contribution >= 0.6 is 0 Å². The van der Waals surface area contributed by atoms with Crippen LogP contribution in [0.4, 0.5) is 4.79 Å². The number of likely N-dealkylation sites (tertiary alicyclic amines) is 1. The number of carbonyl (C=O) groups is 1. The Bertz CT molecular complexity index is 468. The van der Waals surface area contributed by atoms with Gasteiger partial charge in [0, 0.05) is 12.5 Å². The van der Waals surface area contributed by atoms with Crippen LogP contribution in [0.3, 0.4) is 0 Å². The number of ether oxygens (including phenoxy) is 1. The van der Waals surface area contributed by atoms with Crippen molar-refractivity contribution in [2.24, 2.45) is 5.92 Å². The van der Waals surface area contributed by atoms with Crippen molar-refractivity contribution < 1.29 is 14.0 Å². The van der Waals surface area contributed by atoms with Gasteiger partial charge in [-0.05, 0) is 45.3 Å². The van der Waals surface area contributed by atoms with Crippen LogP contribution in [0.25, 0.3) is 0 Å². The lowest BCUT2D eigenvalue weighted by atomic mass is 9.95. The van der Waals surface area contributed by atoms with E-state index >= 15 is 0 Å². The Kier molecular flexibility index (Phi) is 5.98. The fourth-order valence-corrected chi connectivity index (χ4v) is 3.62. The number of nitrogens with zero attached hydrogens (tertiary/aromatic N) is 1. The average Bonchev–Trinajstić information content (AvgIpc) is 2.34. The third-order valence-corrected chi connectivity index (χ3v) is 9.18. The molecule has 2 atom stereocenters. The minimum atomic E-state index is -1.94. The average molecular weight is 340 g/mol. The van der Waals surface area contributed by atoms with Crippen LogP contribution in [-0.4, -0.2) is 44.1 Å². The molecule has 1 fully saturated rings. The van der Waals surface area contributed by atoms with E-state index in [1.165, 1.54) is 0 Å². The summed E-state index contributed by atoms with van der Waals surface area (Å²) in [5, 5.41) is 0.111. The van der Waals surface area contributed by atoms with E-state index in [0.29, 0.717) is 13.1 Å². The maximum atomic E-state index is 12.3. The van der Waals surface area contributed by atoms with Gasteiger partial charge in [-0.3, -0.25) is 0 Å². The summed E-state index contributed by atoms with van der Waals surface area (Å²) >= 11 is 0. The van der Waals surface area contributed by atoms with Crippen molar-refractivity contribution in [3.8, 4) is 12.3 Å². The van der Waals surface area contributed by atoms with Gasteiger partial charge in [0.15, 0.2) is 8.32 Å². The van der Waals surface area contributed by atoms with Crippen molar-refractivity contribution in [1.82, 2.24) is 4.90 Å². The SMILES string of the molecule is C#C[C@H]1CCN(C(=O)OC(C)(C)C)C[C@@H]1O[Si](C)(C)C(C)(C)C. The molecule has 132 valence electrons. The molecule has 0 saturated carbocycles. The lowest BCUT2D eigenvalue weighted by Gasteiger charge is -2.44. The Morgan fingerprint density at radius 1 is 1.22 bits per heavy atom. The zero-order valence-corrected chi connectivity index (χ0v) is 17.0. The van der Waals surface area contributed by atoms with Crippen LogP contribution < -0.4 is 0 Å². The predicted molar refractivity (Wildman–Crippen MR) is 96.8 cm³/mol. The summed E-state index contributed by atoms with van der Waals surface area (Å²) in [6.07, 6.45) is 6.06. The zero-order valence-electron chi connectivity index (χ0n) is 16.0. The van der Waals surface area contributed by atoms with Gasteiger partial charge in [-0.25, -0.2) is 4.79 Å². The fourth-order valence-electron chi connectivity index (χ4n) is 2.27. The van der Waals surface area contributed by atoms with Crippen LogP contribution in [0, 0.1) is 18.3 Å². The quantitative estimate of drug-likeness (QED) is 0.557. The van der Waals surface area contributed by atoms with Gasteiger partial charge in [0.25, 0.3) is 0 Å². The van der Waals surface area contributed by atoms with Crippen molar-refractivity contribution in [1.29, 1.82) is 0 Å². The van der Waals surface area contributed by atoms with Crippen molar-refractivity contribution >= 4 is 14.4 Å². The molecule has 1 heterocycles. The molecule has 1 aliphatic rings. The summed E-state index contributed by atoms with van der Waals surface area (Å²) < 4.78 is 12.0. The third-order valence-electron chi connectivity index (χ3n) is 4.68. The maximum absolute atomic E-state index is 12.3. The molecule has 1 amide bonds. The third kappa shape index (κ3) is 5.54. The first-order chi connectivity index (χ1) is 10.3. The highest BCUT2D eigenvalue weighted by Crippen LogP contribution is 2.39. The Hall–Kier alpha value is -0.993. The normalized spacial score (nSPS) is 23.3. The van der Waals surface area contributed by atoms with E-state index in [9.17, 15) is 4.79 Å². The predicted octanol–water partition coefficient (Wildman–Crippen LogP) is 4.27. The van der Waals surface area contributed by atoms with E-state index in [1.807, 2.05) is 20.8 Å². The topological polar surface area (TPSA) is 38.8 Å². The van der Waals surface area contributed by atoms with Gasteiger partial charge in [-0.1, -0.05) is 20.8 Å². The van der Waals surface area contributed by atoms with Crippen LogP contribution in [0.1, 0.15) is 48.0 Å². The highest BCUT2D eigenvalue weighted by Gasteiger charge is 2.42. The van der Waals surface area contributed by atoms with E-state index in [0.717, 1.165) is 6.42 Å². The summed E-state index contributed by atoms with van der Waals surface area (Å²) in [4.78, 5) is 14.1. The van der Waals surface area contributed by atoms with E-state index in [4.69, 9.17) is 15.6 Å². The molecule has 0 aromatic heterocycles. The largest absolute Gasteiger partial charge is 0.444 e. The number of amides is 1. The van der Waals surface area contributed by atoms with Crippen LogP contribution in [-0.2, 0) is 9.16 Å². The van der Waals surface area contributed by atoms with Crippen molar-refractivity contribution in [2.45, 2.75) is 77.8 Å². The second kappa shape index (κ2) is 6.86. The molecular weight excluding hydrogens is 306 g/mol. The number of carbonyl (C=O) groups excluding carboxylic acids is 1. The number of terminal acetylenes is 1. The minimum Gasteiger partial charge on any atom is -0.444 e. The highest BCUT2D eigenvalue weighted by atomic mass is 28.4. The molecule has 0 radical (unpaired) electrons. The van der Waals surface area contributed by atoms with Gasteiger partial charge >= 0.3 is 6.09 Å². The Labute approximate surface area is 143 Å². The zero-order chi connectivity index (χ0) is 18.1. The van der Waals surface area contributed by atoms with Crippen LogP contribution in [0.15, 0.2) is 0 Å². The summed E-state index contributed by atoms with van der Waals surface area (Å²) in [6, 6.07) is 0. The first-order valence-electron chi connectivity index (χ1n) is 8.39. The molecule has 0 N–H and O–H groups in total. The number of piperidine rings is 1. The number of hydrogen-bond donors (Lipinski definition) is 0. The van der Waals surface area contributed by atoms with Crippen molar-refractivity contribution in [3.63, 3.8) is 0 Å². The molecule has 23 heavy (non-hydrogen) atoms. The molecule has 0 aromatic carbocycles. The smallest absolute Gasteiger partial charge is 0.410 e. The lowest BCUT2D eigenvalue weighted by molar-refractivity contribution is -0.00136. The maximum Gasteiger partial charge on any atom is 0.410 e. The molecule has 0 unspecified atom stereocenters. The highest BCUT2D eigenvalue weighted by molar-refractivity contribution is 6.74. The first kappa shape index (κ1) is 20.1. The van der Waals surface area contributed by atoms with Crippen molar-refractivity contribution in [3.05, 3.63) is 0 Å². The summed E-state index contributed by atoms with van der Waals surface area (Å²) in [6.45, 7) is 17.8. The molecular formula is C18H33NO3Si. The van der Waals surface area contributed by atoms with Crippen LogP contribution in [0.5, 0.6) is 0 Å². The van der Waals surface area contributed by atoms with Crippen LogP contribution in [0.2, 0.25) is 18.1 Å². The molecule has 0 aromatic rings. The standard InChI is InChI=1S/C18H33NO3Si/c1-10-14-11-12-19(16(20)21-17(2,3)4)13-15(14)22-23(8,9)18(5,6)7/h1,14-15H,11-13H2,2-9H3/t14-,15-/m0/s1. The van der Waals surface area contributed by atoms with Gasteiger partial charge in [0.05, 0.1) is 12.6 Å². The molecule has 0 aliphatic carbocycles. The summed E-state index contributed by atoms with van der Waals surface area (Å²) in [7, 11) is -1.94. The second-order valence-electron chi connectivity index (χ2n) is 8.90. The van der Waals surface area contributed by atoms with Gasteiger partial charge in [-0.2, -0.15) is 0 Å². The molecule has 4 nitrogen and oxygen atoms in total. The van der Waals surface area contributed by atoms with Gasteiger partial charge in [-0.15, -0.1) is 12.3 Å². The molecule has 1 aliphatic heterocycles. The fraction of sp³-hybridized carbons (Fsp3) is 0.833. The van der Waals surface area contributed by atoms with Crippen molar-refractivity contribution in [2.75, 3.05) is 13.1 Å². The van der Waals surface area contributed by atoms with E-state index in [1.54, 1.807) is 4.90 Å². The van der Waals surface area contributed by atoms with Gasteiger partial charge in [0.2, 0.25) is 0 Å². The van der Waals surface area contributed by atoms with Gasteiger partial charge < -0.3 is 14.1 Å². The summed E-state index contributed by atoms with van der Waals surface area (Å²) in [5.41, 5.74) is -0.490. The summed E-state index contributed by atoms with van der Waals surface area (Å²) in [5.74, 6) is 2.91. The minimum absolute atomic E-state index is 0.0582. The molecule has 0 spiro atoms. The van der Waals surface area contributed by atoms with E-state index in [-0.39, 0.29) is 23.2 Å². The molecule has 0 bridgehead atoms. The van der Waals surface area contributed by atoms with Gasteiger partial charge in [0.1, 0.15) is 5.60 Å². The van der Waals surface area contributed by atoms with E-state index in [2.05, 4.69) is 39.8 Å². The lowest BCUT2D eigenvalue weighted by Crippen LogP contribution is -2.54. The monoisotopic (exact) mass is 339 g/mol. The second-order valence-corrected chi connectivity index (χ2v) is 13.7. The van der Waals surface area contributed by atoms with E-state index < -0.39 is 13.9 Å². The Balaban J connectivity index is 2.84.